The highest BCUT2D eigenvalue weighted by molar-refractivity contribution is 9.10. The van der Waals surface area contributed by atoms with Gasteiger partial charge in [0.15, 0.2) is 0 Å². The lowest BCUT2D eigenvalue weighted by molar-refractivity contribution is 0.402. The first-order chi connectivity index (χ1) is 10.1. The number of nitrogens with one attached hydrogen (secondary N) is 1. The van der Waals surface area contributed by atoms with E-state index in [2.05, 4.69) is 95.7 Å². The Morgan fingerprint density at radius 1 is 1.10 bits per heavy atom. The molecule has 0 spiro atoms. The van der Waals surface area contributed by atoms with E-state index in [0.717, 1.165) is 17.4 Å². The number of hydrogen-bond acceptors (Lipinski definition) is 2. The quantitative estimate of drug-likeness (QED) is 0.784. The van der Waals surface area contributed by atoms with Crippen LogP contribution in [-0.4, -0.2) is 19.0 Å². The molecule has 112 valence electrons. The van der Waals surface area contributed by atoms with Gasteiger partial charge in [0.25, 0.3) is 0 Å². The summed E-state index contributed by atoms with van der Waals surface area (Å²) in [6.45, 7) is 3.17. The molecule has 2 aromatic rings. The maximum absolute atomic E-state index is 3.65. The van der Waals surface area contributed by atoms with Gasteiger partial charge < -0.3 is 10.2 Å². The van der Waals surface area contributed by atoms with Crippen LogP contribution in [0.15, 0.2) is 53.0 Å². The molecule has 0 aliphatic rings. The fourth-order valence-corrected chi connectivity index (χ4v) is 2.89. The standard InChI is InChI=1S/C18H23BrN2/c1-4-18(15-8-6-9-16(19)12-15)20-17-10-5-7-14(11-17)13-21(2)3/h5-12,18,20H,4,13H2,1-3H3. The molecular formula is C18H23BrN2. The number of halogens is 1. The largest absolute Gasteiger partial charge is 0.378 e. The zero-order valence-electron chi connectivity index (χ0n) is 12.9. The van der Waals surface area contributed by atoms with Crippen LogP contribution in [0.3, 0.4) is 0 Å². The van der Waals surface area contributed by atoms with Crippen molar-refractivity contribution in [2.75, 3.05) is 19.4 Å². The summed E-state index contributed by atoms with van der Waals surface area (Å²) in [4.78, 5) is 2.19. The third-order valence-electron chi connectivity index (χ3n) is 3.43. The van der Waals surface area contributed by atoms with Crippen molar-refractivity contribution in [3.8, 4) is 0 Å². The fraction of sp³-hybridized carbons (Fsp3) is 0.333. The van der Waals surface area contributed by atoms with Gasteiger partial charge in [-0.1, -0.05) is 47.1 Å². The minimum atomic E-state index is 0.331. The van der Waals surface area contributed by atoms with Gasteiger partial charge in [-0.25, -0.2) is 0 Å². The molecule has 0 radical (unpaired) electrons. The van der Waals surface area contributed by atoms with Crippen LogP contribution in [0.25, 0.3) is 0 Å². The van der Waals surface area contributed by atoms with Crippen LogP contribution in [0.4, 0.5) is 5.69 Å². The molecule has 0 saturated carbocycles. The first-order valence-electron chi connectivity index (χ1n) is 7.34. The molecule has 0 aromatic heterocycles. The van der Waals surface area contributed by atoms with Crippen LogP contribution in [-0.2, 0) is 6.54 Å². The Hall–Kier alpha value is -1.32. The van der Waals surface area contributed by atoms with Crippen LogP contribution in [0.5, 0.6) is 0 Å². The first kappa shape index (κ1) is 16.1. The van der Waals surface area contributed by atoms with Crippen LogP contribution < -0.4 is 5.32 Å². The molecule has 2 nitrogen and oxygen atoms in total. The van der Waals surface area contributed by atoms with Gasteiger partial charge in [-0.3, -0.25) is 0 Å². The normalized spacial score (nSPS) is 12.4. The lowest BCUT2D eigenvalue weighted by Gasteiger charge is -2.20. The van der Waals surface area contributed by atoms with Crippen molar-refractivity contribution in [1.29, 1.82) is 0 Å². The smallest absolute Gasteiger partial charge is 0.0511 e. The van der Waals surface area contributed by atoms with E-state index in [1.165, 1.54) is 16.8 Å². The summed E-state index contributed by atoms with van der Waals surface area (Å²) in [7, 11) is 4.19. The van der Waals surface area contributed by atoms with Crippen molar-refractivity contribution in [3.63, 3.8) is 0 Å². The summed E-state index contributed by atoms with van der Waals surface area (Å²) in [6, 6.07) is 17.5. The first-order valence-corrected chi connectivity index (χ1v) is 8.13. The second-order valence-electron chi connectivity index (χ2n) is 5.60. The van der Waals surface area contributed by atoms with E-state index in [9.17, 15) is 0 Å². The van der Waals surface area contributed by atoms with E-state index < -0.39 is 0 Å². The molecule has 0 bridgehead atoms. The van der Waals surface area contributed by atoms with Gasteiger partial charge in [0.2, 0.25) is 0 Å². The Morgan fingerprint density at radius 2 is 1.86 bits per heavy atom. The predicted octanol–water partition coefficient (Wildman–Crippen LogP) is 5.07. The van der Waals surface area contributed by atoms with E-state index >= 15 is 0 Å². The molecule has 2 rings (SSSR count). The molecule has 0 heterocycles. The zero-order valence-corrected chi connectivity index (χ0v) is 14.5. The molecule has 2 aromatic carbocycles. The lowest BCUT2D eigenvalue weighted by Crippen LogP contribution is -2.12. The highest BCUT2D eigenvalue weighted by atomic mass is 79.9. The summed E-state index contributed by atoms with van der Waals surface area (Å²) in [6.07, 6.45) is 1.05. The number of hydrogen-bond donors (Lipinski definition) is 1. The number of anilines is 1. The molecule has 1 unspecified atom stereocenters. The molecule has 1 atom stereocenters. The van der Waals surface area contributed by atoms with Gasteiger partial charge in [0, 0.05) is 16.7 Å². The lowest BCUT2D eigenvalue weighted by atomic mass is 10.0. The topological polar surface area (TPSA) is 15.3 Å². The molecule has 0 aliphatic heterocycles. The van der Waals surface area contributed by atoms with Gasteiger partial charge in [0.1, 0.15) is 0 Å². The Kier molecular flexibility index (Phi) is 5.83. The highest BCUT2D eigenvalue weighted by Gasteiger charge is 2.09. The van der Waals surface area contributed by atoms with Gasteiger partial charge in [0.05, 0.1) is 6.04 Å². The molecule has 0 fully saturated rings. The summed E-state index contributed by atoms with van der Waals surface area (Å²) in [5, 5.41) is 3.65. The van der Waals surface area contributed by atoms with Gasteiger partial charge >= 0.3 is 0 Å². The molecular weight excluding hydrogens is 324 g/mol. The average molecular weight is 347 g/mol. The van der Waals surface area contributed by atoms with Gasteiger partial charge in [-0.05, 0) is 55.9 Å². The van der Waals surface area contributed by atoms with E-state index in [0.29, 0.717) is 6.04 Å². The van der Waals surface area contributed by atoms with E-state index in [4.69, 9.17) is 0 Å². The third-order valence-corrected chi connectivity index (χ3v) is 3.92. The van der Waals surface area contributed by atoms with Crippen molar-refractivity contribution in [2.45, 2.75) is 25.9 Å². The monoisotopic (exact) mass is 346 g/mol. The summed E-state index contributed by atoms with van der Waals surface area (Å²) >= 11 is 3.55. The summed E-state index contributed by atoms with van der Waals surface area (Å²) in [5.41, 5.74) is 3.82. The zero-order chi connectivity index (χ0) is 15.2. The van der Waals surface area contributed by atoms with Crippen LogP contribution in [0.2, 0.25) is 0 Å². The second kappa shape index (κ2) is 7.62. The minimum Gasteiger partial charge on any atom is -0.378 e. The van der Waals surface area contributed by atoms with Crippen LogP contribution in [0.1, 0.15) is 30.5 Å². The number of rotatable bonds is 6. The van der Waals surface area contributed by atoms with Crippen LogP contribution >= 0.6 is 15.9 Å². The molecule has 0 aliphatic carbocycles. The maximum atomic E-state index is 3.65. The molecule has 21 heavy (non-hydrogen) atoms. The van der Waals surface area contributed by atoms with Gasteiger partial charge in [-0.15, -0.1) is 0 Å². The van der Waals surface area contributed by atoms with Crippen molar-refractivity contribution in [3.05, 3.63) is 64.1 Å². The predicted molar refractivity (Wildman–Crippen MR) is 94.6 cm³/mol. The van der Waals surface area contributed by atoms with Crippen molar-refractivity contribution in [2.24, 2.45) is 0 Å². The van der Waals surface area contributed by atoms with Crippen molar-refractivity contribution in [1.82, 2.24) is 4.90 Å². The summed E-state index contributed by atoms with van der Waals surface area (Å²) < 4.78 is 1.13. The molecule has 0 saturated heterocycles. The molecule has 0 amide bonds. The Morgan fingerprint density at radius 3 is 2.52 bits per heavy atom. The van der Waals surface area contributed by atoms with Gasteiger partial charge in [-0.2, -0.15) is 0 Å². The van der Waals surface area contributed by atoms with Crippen molar-refractivity contribution >= 4 is 21.6 Å². The Bertz CT molecular complexity index is 581. The Balaban J connectivity index is 2.15. The van der Waals surface area contributed by atoms with E-state index in [-0.39, 0.29) is 0 Å². The molecule has 3 heteroatoms. The van der Waals surface area contributed by atoms with Crippen LogP contribution in [0, 0.1) is 0 Å². The minimum absolute atomic E-state index is 0.331. The summed E-state index contributed by atoms with van der Waals surface area (Å²) in [5.74, 6) is 0. The SMILES string of the molecule is CCC(Nc1cccc(CN(C)C)c1)c1cccc(Br)c1. The number of nitrogens with zero attached hydrogens (tertiary/aromatic N) is 1. The second-order valence-corrected chi connectivity index (χ2v) is 6.51. The highest BCUT2D eigenvalue weighted by Crippen LogP contribution is 2.25. The van der Waals surface area contributed by atoms with Crippen molar-refractivity contribution < 1.29 is 0 Å². The van der Waals surface area contributed by atoms with E-state index in [1.54, 1.807) is 0 Å². The maximum Gasteiger partial charge on any atom is 0.0511 e. The fourth-order valence-electron chi connectivity index (χ4n) is 2.47. The average Bonchev–Trinajstić information content (AvgIpc) is 2.44. The number of benzene rings is 2. The van der Waals surface area contributed by atoms with E-state index in [1.807, 2.05) is 0 Å². The Labute approximate surface area is 136 Å². The molecule has 1 N–H and O–H groups in total. The third kappa shape index (κ3) is 4.87.